The summed E-state index contributed by atoms with van der Waals surface area (Å²) >= 11 is 6.33. The number of halogens is 1. The molecule has 6 heteroatoms. The number of benzene rings is 1. The fourth-order valence-corrected chi connectivity index (χ4v) is 2.85. The van der Waals surface area contributed by atoms with Crippen molar-refractivity contribution in [3.63, 3.8) is 0 Å². The summed E-state index contributed by atoms with van der Waals surface area (Å²) in [6.45, 7) is 2.27. The lowest BCUT2D eigenvalue weighted by Crippen LogP contribution is -2.37. The van der Waals surface area contributed by atoms with Crippen molar-refractivity contribution in [3.05, 3.63) is 58.7 Å². The van der Waals surface area contributed by atoms with E-state index in [1.807, 2.05) is 42.5 Å². The summed E-state index contributed by atoms with van der Waals surface area (Å²) in [5.74, 6) is 0. The second-order valence-electron chi connectivity index (χ2n) is 5.74. The lowest BCUT2D eigenvalue weighted by Gasteiger charge is -2.27. The standard InChI is InChI=1S/C19H24ClNO4/c1-14(25-19(22)21-12-15-8-4-3-5-9-15)18(24-13-23-2)16-10-6-7-11-17(16)20/h3-6,8-10,14,18H,7,11-13H2,1-2H3,(H,21,22)/t14-,18+/m1/s1. The maximum atomic E-state index is 12.1. The number of hydrogen-bond donors (Lipinski definition) is 1. The first-order chi connectivity index (χ1) is 12.1. The third kappa shape index (κ3) is 6.20. The minimum absolute atomic E-state index is 0.0888. The van der Waals surface area contributed by atoms with Crippen molar-refractivity contribution in [2.75, 3.05) is 13.9 Å². The lowest BCUT2D eigenvalue weighted by atomic mass is 9.98. The Hall–Kier alpha value is -1.82. The summed E-state index contributed by atoms with van der Waals surface area (Å²) in [6, 6.07) is 9.64. The van der Waals surface area contributed by atoms with Crippen LogP contribution >= 0.6 is 11.6 Å². The Morgan fingerprint density at radius 3 is 2.76 bits per heavy atom. The first-order valence-corrected chi connectivity index (χ1v) is 8.63. The molecule has 0 spiro atoms. The molecule has 0 heterocycles. The van der Waals surface area contributed by atoms with E-state index < -0.39 is 18.3 Å². The zero-order valence-electron chi connectivity index (χ0n) is 14.5. The number of alkyl carbamates (subject to hydrolysis) is 1. The van der Waals surface area contributed by atoms with Gasteiger partial charge in [-0.15, -0.1) is 0 Å². The molecule has 0 radical (unpaired) electrons. The van der Waals surface area contributed by atoms with Crippen LogP contribution < -0.4 is 5.32 Å². The van der Waals surface area contributed by atoms with E-state index in [1.165, 1.54) is 0 Å². The van der Waals surface area contributed by atoms with E-state index in [4.69, 9.17) is 25.8 Å². The SMILES string of the molecule is COCO[C@H](C1=C(Cl)CCC=C1)[C@@H](C)OC(=O)NCc1ccccc1. The number of hydrogen-bond acceptors (Lipinski definition) is 4. The van der Waals surface area contributed by atoms with Gasteiger partial charge in [-0.25, -0.2) is 4.79 Å². The Kier molecular flexibility index (Phi) is 7.98. The molecule has 0 saturated carbocycles. The van der Waals surface area contributed by atoms with E-state index in [1.54, 1.807) is 14.0 Å². The molecule has 2 atom stereocenters. The van der Waals surface area contributed by atoms with Gasteiger partial charge in [-0.05, 0) is 30.9 Å². The van der Waals surface area contributed by atoms with Gasteiger partial charge in [-0.2, -0.15) is 0 Å². The smallest absolute Gasteiger partial charge is 0.407 e. The van der Waals surface area contributed by atoms with Crippen LogP contribution in [0.2, 0.25) is 0 Å². The molecular formula is C19H24ClNO4. The molecular weight excluding hydrogens is 342 g/mol. The van der Waals surface area contributed by atoms with Crippen molar-refractivity contribution < 1.29 is 19.0 Å². The fraction of sp³-hybridized carbons (Fsp3) is 0.421. The zero-order chi connectivity index (χ0) is 18.1. The van der Waals surface area contributed by atoms with Crippen LogP contribution in [0.25, 0.3) is 0 Å². The van der Waals surface area contributed by atoms with Crippen LogP contribution in [0.3, 0.4) is 0 Å². The highest BCUT2D eigenvalue weighted by molar-refractivity contribution is 6.30. The molecule has 0 aliphatic heterocycles. The number of ether oxygens (including phenoxy) is 3. The topological polar surface area (TPSA) is 56.8 Å². The van der Waals surface area contributed by atoms with Crippen LogP contribution in [0, 0.1) is 0 Å². The van der Waals surface area contributed by atoms with E-state index in [2.05, 4.69) is 5.32 Å². The highest BCUT2D eigenvalue weighted by atomic mass is 35.5. The van der Waals surface area contributed by atoms with Crippen LogP contribution in [-0.4, -0.2) is 32.2 Å². The summed E-state index contributed by atoms with van der Waals surface area (Å²) in [6.07, 6.45) is 4.11. The number of methoxy groups -OCH3 is 1. The first-order valence-electron chi connectivity index (χ1n) is 8.26. The predicted molar refractivity (Wildman–Crippen MR) is 97.2 cm³/mol. The minimum Gasteiger partial charge on any atom is -0.443 e. The Labute approximate surface area is 153 Å². The molecule has 1 aromatic rings. The maximum Gasteiger partial charge on any atom is 0.407 e. The van der Waals surface area contributed by atoms with Crippen LogP contribution in [0.4, 0.5) is 4.79 Å². The normalized spacial score (nSPS) is 16.4. The van der Waals surface area contributed by atoms with Gasteiger partial charge >= 0.3 is 6.09 Å². The lowest BCUT2D eigenvalue weighted by molar-refractivity contribution is -0.0940. The molecule has 1 aliphatic carbocycles. The van der Waals surface area contributed by atoms with Crippen LogP contribution in [0.1, 0.15) is 25.3 Å². The number of nitrogens with one attached hydrogen (secondary N) is 1. The summed E-state index contributed by atoms with van der Waals surface area (Å²) in [7, 11) is 1.54. The number of amides is 1. The summed E-state index contributed by atoms with van der Waals surface area (Å²) in [4.78, 5) is 12.1. The van der Waals surface area contributed by atoms with Gasteiger partial charge < -0.3 is 19.5 Å². The van der Waals surface area contributed by atoms with Gasteiger partial charge in [0.15, 0.2) is 0 Å². The third-order valence-corrected chi connectivity index (χ3v) is 4.22. The van der Waals surface area contributed by atoms with Crippen molar-refractivity contribution in [2.24, 2.45) is 0 Å². The van der Waals surface area contributed by atoms with Gasteiger partial charge in [0.05, 0.1) is 0 Å². The monoisotopic (exact) mass is 365 g/mol. The zero-order valence-corrected chi connectivity index (χ0v) is 15.3. The van der Waals surface area contributed by atoms with Crippen LogP contribution in [0.5, 0.6) is 0 Å². The van der Waals surface area contributed by atoms with Gasteiger partial charge in [-0.3, -0.25) is 0 Å². The summed E-state index contributed by atoms with van der Waals surface area (Å²) < 4.78 is 16.2. The van der Waals surface area contributed by atoms with Gasteiger partial charge in [0, 0.05) is 18.7 Å². The van der Waals surface area contributed by atoms with Crippen molar-refractivity contribution in [3.8, 4) is 0 Å². The Morgan fingerprint density at radius 2 is 2.08 bits per heavy atom. The summed E-state index contributed by atoms with van der Waals surface area (Å²) in [5, 5.41) is 3.47. The Bertz CT molecular complexity index is 615. The molecule has 2 rings (SSSR count). The molecule has 0 unspecified atom stereocenters. The van der Waals surface area contributed by atoms with Gasteiger partial charge in [-0.1, -0.05) is 54.1 Å². The highest BCUT2D eigenvalue weighted by Gasteiger charge is 2.27. The molecule has 25 heavy (non-hydrogen) atoms. The number of carbonyl (C=O) groups excluding carboxylic acids is 1. The fourth-order valence-electron chi connectivity index (χ4n) is 2.57. The molecule has 1 amide bonds. The van der Waals surface area contributed by atoms with Crippen molar-refractivity contribution in [2.45, 2.75) is 38.5 Å². The molecule has 0 bridgehead atoms. The van der Waals surface area contributed by atoms with Crippen molar-refractivity contribution in [1.82, 2.24) is 5.32 Å². The average Bonchev–Trinajstić information content (AvgIpc) is 2.62. The number of rotatable bonds is 8. The van der Waals surface area contributed by atoms with E-state index in [-0.39, 0.29) is 6.79 Å². The van der Waals surface area contributed by atoms with E-state index in [9.17, 15) is 4.79 Å². The Balaban J connectivity index is 1.95. The van der Waals surface area contributed by atoms with Gasteiger partial charge in [0.2, 0.25) is 0 Å². The van der Waals surface area contributed by atoms with Gasteiger partial charge in [0.1, 0.15) is 19.0 Å². The van der Waals surface area contributed by atoms with E-state index in [0.29, 0.717) is 6.54 Å². The molecule has 1 aliphatic rings. The molecule has 1 N–H and O–H groups in total. The number of carbonyl (C=O) groups is 1. The average molecular weight is 366 g/mol. The second-order valence-corrected chi connectivity index (χ2v) is 6.20. The quantitative estimate of drug-likeness (QED) is 0.703. The second kappa shape index (κ2) is 10.2. The molecule has 0 saturated heterocycles. The minimum atomic E-state index is -0.516. The molecule has 136 valence electrons. The van der Waals surface area contributed by atoms with Crippen molar-refractivity contribution in [1.29, 1.82) is 0 Å². The largest absolute Gasteiger partial charge is 0.443 e. The summed E-state index contributed by atoms with van der Waals surface area (Å²) in [5.41, 5.74) is 1.83. The van der Waals surface area contributed by atoms with Gasteiger partial charge in [0.25, 0.3) is 0 Å². The van der Waals surface area contributed by atoms with E-state index in [0.717, 1.165) is 29.0 Å². The molecule has 5 nitrogen and oxygen atoms in total. The van der Waals surface area contributed by atoms with E-state index >= 15 is 0 Å². The molecule has 0 fully saturated rings. The van der Waals surface area contributed by atoms with Crippen LogP contribution in [-0.2, 0) is 20.8 Å². The van der Waals surface area contributed by atoms with Crippen molar-refractivity contribution >= 4 is 17.7 Å². The first kappa shape index (κ1) is 19.5. The predicted octanol–water partition coefficient (Wildman–Crippen LogP) is 4.13. The maximum absolute atomic E-state index is 12.1. The highest BCUT2D eigenvalue weighted by Crippen LogP contribution is 2.28. The Morgan fingerprint density at radius 1 is 1.32 bits per heavy atom. The third-order valence-electron chi connectivity index (χ3n) is 3.81. The number of allylic oxidation sites excluding steroid dienone is 2. The molecule has 1 aromatic carbocycles. The van der Waals surface area contributed by atoms with Crippen LogP contribution in [0.15, 0.2) is 53.1 Å². The molecule has 0 aromatic heterocycles.